The third-order valence-electron chi connectivity index (χ3n) is 6.52. The van der Waals surface area contributed by atoms with Crippen LogP contribution in [-0.2, 0) is 33.9 Å². The van der Waals surface area contributed by atoms with Gasteiger partial charge < -0.3 is 42.1 Å². The van der Waals surface area contributed by atoms with Gasteiger partial charge in [-0.25, -0.2) is 9.78 Å². The lowest BCUT2D eigenvalue weighted by Gasteiger charge is -2.50. The summed E-state index contributed by atoms with van der Waals surface area (Å²) < 4.78 is 40.9. The molecule has 21 heteroatoms. The van der Waals surface area contributed by atoms with E-state index in [-0.39, 0.29) is 16.9 Å². The number of amides is 2. The molecule has 1 aromatic carbocycles. The van der Waals surface area contributed by atoms with Crippen molar-refractivity contribution < 1.29 is 46.3 Å². The summed E-state index contributed by atoms with van der Waals surface area (Å²) in [7, 11) is -5.02. The predicted octanol–water partition coefficient (Wildman–Crippen LogP) is -1.63. The van der Waals surface area contributed by atoms with Gasteiger partial charge in [0.15, 0.2) is 16.8 Å². The number of carbonyl (C=O) groups excluding carboxylic acids is 2. The predicted molar refractivity (Wildman–Crippen MR) is 158 cm³/mol. The number of ether oxygens (including phenoxy) is 1. The first-order valence-corrected chi connectivity index (χ1v) is 15.4. The molecule has 2 amide bonds. The molecule has 19 nitrogen and oxygen atoms in total. The zero-order valence-electron chi connectivity index (χ0n) is 23.9. The minimum atomic E-state index is -5.02. The number of carboxylic acid groups (broad SMARTS) is 1. The lowest BCUT2D eigenvalue weighted by atomic mass is 9.84. The molecule has 45 heavy (non-hydrogen) atoms. The van der Waals surface area contributed by atoms with Gasteiger partial charge in [0.2, 0.25) is 0 Å². The lowest BCUT2D eigenvalue weighted by molar-refractivity contribution is -0.218. The number of rotatable bonds is 14. The standard InChI is InChI=1S/C24H31N9O10S2/c1-24(2)18(20(35)33(24)43-45(38,39)40)31-19(34)17(15-11-44-22(26)30-15)32-42-16(21(36)37)10-41-13-5-3-12(4-6-13)14(25)9-29-23-27-7-8-28-23/h3-6,11,14,16,18H,7-10,25H2,1-2H3,(H2,26,30)(H,31,34)(H,36,37)(H2,27,28,29)(H,38,39,40)/b32-17-/t14?,16-,18+/m0/s1. The molecule has 4 rings (SSSR count). The molecule has 2 aromatic rings. The molecule has 0 aliphatic carbocycles. The Kier molecular flexibility index (Phi) is 10.1. The molecule has 0 spiro atoms. The van der Waals surface area contributed by atoms with E-state index in [4.69, 9.17) is 25.6 Å². The van der Waals surface area contributed by atoms with E-state index in [0.29, 0.717) is 29.9 Å². The first kappa shape index (κ1) is 33.3. The molecule has 1 aromatic heterocycles. The molecule has 3 heterocycles. The number of anilines is 1. The number of hydrogen-bond donors (Lipinski definition) is 7. The normalized spacial score (nSPS) is 19.1. The van der Waals surface area contributed by atoms with Crippen molar-refractivity contribution in [3.8, 4) is 5.75 Å². The number of nitrogen functional groups attached to an aromatic ring is 1. The first-order chi connectivity index (χ1) is 21.2. The highest BCUT2D eigenvalue weighted by Gasteiger charge is 2.58. The van der Waals surface area contributed by atoms with E-state index in [0.717, 1.165) is 23.4 Å². The van der Waals surface area contributed by atoms with Gasteiger partial charge in [0.1, 0.15) is 24.1 Å². The van der Waals surface area contributed by atoms with Gasteiger partial charge in [-0.05, 0) is 31.5 Å². The Bertz CT molecular complexity index is 1590. The number of aliphatic imine (C=N–C) groups is 1. The number of nitrogens with two attached hydrogens (primary N) is 2. The smallest absolute Gasteiger partial charge is 0.418 e. The molecule has 1 unspecified atom stereocenters. The van der Waals surface area contributed by atoms with Gasteiger partial charge in [-0.2, -0.15) is 13.5 Å². The van der Waals surface area contributed by atoms with Gasteiger partial charge in [0.05, 0.1) is 12.1 Å². The number of thiazole rings is 1. The summed E-state index contributed by atoms with van der Waals surface area (Å²) in [5, 5.41) is 23.7. The first-order valence-electron chi connectivity index (χ1n) is 13.2. The highest BCUT2D eigenvalue weighted by atomic mass is 32.3. The molecule has 1 saturated heterocycles. The van der Waals surface area contributed by atoms with Crippen molar-refractivity contribution in [2.45, 2.75) is 37.6 Å². The van der Waals surface area contributed by atoms with Gasteiger partial charge in [0.25, 0.3) is 17.9 Å². The van der Waals surface area contributed by atoms with Crippen LogP contribution in [0.25, 0.3) is 0 Å². The average molecular weight is 670 g/mol. The highest BCUT2D eigenvalue weighted by Crippen LogP contribution is 2.33. The maximum atomic E-state index is 13.2. The summed E-state index contributed by atoms with van der Waals surface area (Å²) >= 11 is 0.954. The second kappa shape index (κ2) is 13.6. The summed E-state index contributed by atoms with van der Waals surface area (Å²) in [6.07, 6.45) is -1.69. The van der Waals surface area contributed by atoms with Crippen molar-refractivity contribution in [2.24, 2.45) is 15.9 Å². The second-order valence-corrected chi connectivity index (χ2v) is 12.1. The zero-order valence-corrected chi connectivity index (χ0v) is 25.5. The fourth-order valence-electron chi connectivity index (χ4n) is 4.11. The van der Waals surface area contributed by atoms with Crippen molar-refractivity contribution in [3.63, 3.8) is 0 Å². The topological polar surface area (TPSA) is 282 Å². The van der Waals surface area contributed by atoms with Crippen molar-refractivity contribution in [2.75, 3.05) is 32.0 Å². The molecule has 1 fully saturated rings. The number of aliphatic carboxylic acids is 1. The zero-order chi connectivity index (χ0) is 32.9. The van der Waals surface area contributed by atoms with Crippen LogP contribution in [0.15, 0.2) is 39.8 Å². The molecule has 0 radical (unpaired) electrons. The lowest BCUT2D eigenvalue weighted by Crippen LogP contribution is -2.76. The number of aromatic nitrogens is 1. The van der Waals surface area contributed by atoms with Gasteiger partial charge in [-0.3, -0.25) is 19.1 Å². The minimum absolute atomic E-state index is 0.0549. The molecule has 0 bridgehead atoms. The summed E-state index contributed by atoms with van der Waals surface area (Å²) in [6, 6.07) is 4.98. The molecular weight excluding hydrogens is 638 g/mol. The number of hydrogen-bond acceptors (Lipinski definition) is 16. The summed E-state index contributed by atoms with van der Waals surface area (Å²) in [5.41, 5.74) is 10.6. The number of nitrogens with zero attached hydrogens (tertiary/aromatic N) is 4. The van der Waals surface area contributed by atoms with Crippen LogP contribution in [0, 0.1) is 0 Å². The summed E-state index contributed by atoms with van der Waals surface area (Å²) in [4.78, 5) is 50.9. The Hall–Kier alpha value is -4.57. The number of hydroxylamine groups is 2. The summed E-state index contributed by atoms with van der Waals surface area (Å²) in [5.74, 6) is -2.49. The Morgan fingerprint density at radius 2 is 2.02 bits per heavy atom. The molecule has 9 N–H and O–H groups in total. The fraction of sp³-hybridized carbons (Fsp3) is 0.417. The number of guanidine groups is 1. The largest absolute Gasteiger partial charge is 0.489 e. The number of β-lactam (4-membered cyclic amide) rings is 1. The van der Waals surface area contributed by atoms with Gasteiger partial charge >= 0.3 is 16.4 Å². The quantitative estimate of drug-likeness (QED) is 0.0514. The number of carbonyl (C=O) groups is 3. The van der Waals surface area contributed by atoms with E-state index in [9.17, 15) is 27.9 Å². The monoisotopic (exact) mass is 669 g/mol. The van der Waals surface area contributed by atoms with Crippen LogP contribution in [0.4, 0.5) is 5.13 Å². The molecular formula is C24H31N9O10S2. The van der Waals surface area contributed by atoms with Crippen LogP contribution in [0.2, 0.25) is 0 Å². The minimum Gasteiger partial charge on any atom is -0.489 e. The van der Waals surface area contributed by atoms with Crippen molar-refractivity contribution in [1.82, 2.24) is 26.0 Å². The van der Waals surface area contributed by atoms with Crippen molar-refractivity contribution in [3.05, 3.63) is 40.9 Å². The van der Waals surface area contributed by atoms with Crippen molar-refractivity contribution >= 4 is 56.3 Å². The van der Waals surface area contributed by atoms with Crippen LogP contribution >= 0.6 is 11.3 Å². The Morgan fingerprint density at radius 1 is 1.31 bits per heavy atom. The van der Waals surface area contributed by atoms with E-state index >= 15 is 0 Å². The van der Waals surface area contributed by atoms with Crippen LogP contribution in [0.5, 0.6) is 5.75 Å². The van der Waals surface area contributed by atoms with E-state index in [1.54, 1.807) is 24.3 Å². The second-order valence-electron chi connectivity index (χ2n) is 10.2. The van der Waals surface area contributed by atoms with Gasteiger partial charge in [0, 0.05) is 24.5 Å². The maximum Gasteiger partial charge on any atom is 0.418 e. The van der Waals surface area contributed by atoms with E-state index < -0.39 is 58.2 Å². The van der Waals surface area contributed by atoms with Crippen LogP contribution in [-0.4, -0.2) is 102 Å². The van der Waals surface area contributed by atoms with Gasteiger partial charge in [-0.15, -0.1) is 15.6 Å². The fourth-order valence-corrected chi connectivity index (χ4v) is 5.11. The van der Waals surface area contributed by atoms with Crippen molar-refractivity contribution in [1.29, 1.82) is 0 Å². The number of benzene rings is 1. The van der Waals surface area contributed by atoms with E-state index in [1.807, 2.05) is 0 Å². The van der Waals surface area contributed by atoms with Gasteiger partial charge in [-0.1, -0.05) is 17.3 Å². The van der Waals surface area contributed by atoms with Crippen LogP contribution in [0.3, 0.4) is 0 Å². The molecule has 3 atom stereocenters. The Balaban J connectivity index is 1.40. The highest BCUT2D eigenvalue weighted by molar-refractivity contribution is 7.80. The van der Waals surface area contributed by atoms with E-state index in [1.165, 1.54) is 19.2 Å². The number of nitrogens with one attached hydrogen (secondary N) is 3. The molecule has 2 aliphatic rings. The Morgan fingerprint density at radius 3 is 2.58 bits per heavy atom. The summed E-state index contributed by atoms with van der Waals surface area (Å²) in [6.45, 7) is 4.10. The molecule has 2 aliphatic heterocycles. The third-order valence-corrected chi connectivity index (χ3v) is 7.53. The average Bonchev–Trinajstić information content (AvgIpc) is 3.66. The van der Waals surface area contributed by atoms with Crippen LogP contribution < -0.4 is 32.2 Å². The van der Waals surface area contributed by atoms with E-state index in [2.05, 4.69) is 35.4 Å². The maximum absolute atomic E-state index is 13.2. The Labute approximate surface area is 260 Å². The number of carboxylic acids is 1. The third kappa shape index (κ3) is 8.33. The molecule has 0 saturated carbocycles. The van der Waals surface area contributed by atoms with Crippen LogP contribution in [0.1, 0.15) is 31.1 Å². The molecule has 244 valence electrons. The SMILES string of the molecule is CC1(C)[C@H](NC(=O)/C(=N\O[C@@H](COc2ccc(C(N)CNC3=NCCN3)cc2)C(=O)O)c2csc(N)n2)C(=O)N1OS(=O)(=O)O. The number of oxime groups is 1.